The number of furan rings is 1. The molecule has 0 aliphatic carbocycles. The van der Waals surface area contributed by atoms with E-state index in [1.165, 1.54) is 5.56 Å². The van der Waals surface area contributed by atoms with Gasteiger partial charge in [0, 0.05) is 6.04 Å². The van der Waals surface area contributed by atoms with Crippen LogP contribution in [0.4, 0.5) is 0 Å². The van der Waals surface area contributed by atoms with Gasteiger partial charge in [0.05, 0.1) is 18.8 Å². The number of nitrogens with two attached hydrogens (primary N) is 1. The molecule has 1 heterocycles. The normalized spacial score (nSPS) is 14.5. The Kier molecular flexibility index (Phi) is 4.77. The summed E-state index contributed by atoms with van der Waals surface area (Å²) >= 11 is 0. The maximum Gasteiger partial charge on any atom is 0.117 e. The van der Waals surface area contributed by atoms with E-state index in [2.05, 4.69) is 43.0 Å². The van der Waals surface area contributed by atoms with Gasteiger partial charge in [-0.2, -0.15) is 0 Å². The maximum atomic E-state index is 6.20. The first kappa shape index (κ1) is 13.8. The molecule has 0 fully saturated rings. The molecule has 102 valence electrons. The van der Waals surface area contributed by atoms with Gasteiger partial charge in [-0.1, -0.05) is 37.3 Å². The third kappa shape index (κ3) is 3.46. The summed E-state index contributed by atoms with van der Waals surface area (Å²) in [5, 5.41) is 0. The highest BCUT2D eigenvalue weighted by Gasteiger charge is 2.23. The fourth-order valence-corrected chi connectivity index (χ4v) is 2.51. The van der Waals surface area contributed by atoms with Crippen molar-refractivity contribution in [2.45, 2.75) is 32.5 Å². The van der Waals surface area contributed by atoms with Crippen molar-refractivity contribution in [3.8, 4) is 0 Å². The van der Waals surface area contributed by atoms with Crippen molar-refractivity contribution in [2.75, 3.05) is 6.54 Å². The quantitative estimate of drug-likeness (QED) is 0.865. The van der Waals surface area contributed by atoms with Gasteiger partial charge in [-0.25, -0.2) is 0 Å². The Hall–Kier alpha value is -1.58. The molecule has 1 aromatic carbocycles. The Balaban J connectivity index is 2.21. The predicted molar refractivity (Wildman–Crippen MR) is 77.6 cm³/mol. The number of hydrogen-bond donors (Lipinski definition) is 1. The Morgan fingerprint density at radius 1 is 1.16 bits per heavy atom. The van der Waals surface area contributed by atoms with Crippen molar-refractivity contribution in [2.24, 2.45) is 5.73 Å². The van der Waals surface area contributed by atoms with Gasteiger partial charge in [-0.3, -0.25) is 4.90 Å². The van der Waals surface area contributed by atoms with Crippen LogP contribution in [0.2, 0.25) is 0 Å². The van der Waals surface area contributed by atoms with Crippen LogP contribution in [0.25, 0.3) is 0 Å². The molecular weight excluding hydrogens is 236 g/mol. The van der Waals surface area contributed by atoms with Crippen LogP contribution in [-0.2, 0) is 6.54 Å². The van der Waals surface area contributed by atoms with E-state index in [0.29, 0.717) is 0 Å². The Morgan fingerprint density at radius 2 is 1.89 bits per heavy atom. The highest BCUT2D eigenvalue weighted by Crippen LogP contribution is 2.25. The molecule has 0 spiro atoms. The molecule has 0 amide bonds. The topological polar surface area (TPSA) is 42.4 Å². The first-order valence-corrected chi connectivity index (χ1v) is 6.79. The van der Waals surface area contributed by atoms with E-state index in [0.717, 1.165) is 18.8 Å². The smallest absolute Gasteiger partial charge is 0.117 e. The molecule has 2 rings (SSSR count). The summed E-state index contributed by atoms with van der Waals surface area (Å²) in [5.41, 5.74) is 7.46. The minimum absolute atomic E-state index is 0.0670. The molecule has 2 aromatic rings. The Labute approximate surface area is 115 Å². The lowest BCUT2D eigenvalue weighted by atomic mass is 9.99. The van der Waals surface area contributed by atoms with Crippen LogP contribution in [0.3, 0.4) is 0 Å². The van der Waals surface area contributed by atoms with Gasteiger partial charge in [0.1, 0.15) is 5.76 Å². The summed E-state index contributed by atoms with van der Waals surface area (Å²) in [6.07, 6.45) is 1.71. The molecule has 0 aliphatic heterocycles. The lowest BCUT2D eigenvalue weighted by molar-refractivity contribution is 0.164. The molecule has 0 bridgehead atoms. The number of benzene rings is 1. The largest absolute Gasteiger partial charge is 0.468 e. The molecule has 0 saturated heterocycles. The van der Waals surface area contributed by atoms with Crippen LogP contribution in [0.1, 0.15) is 31.2 Å². The number of hydrogen-bond acceptors (Lipinski definition) is 3. The van der Waals surface area contributed by atoms with E-state index in [1.807, 2.05) is 18.2 Å². The number of likely N-dealkylation sites (N-methyl/N-ethyl adjacent to an activating group) is 1. The van der Waals surface area contributed by atoms with Crippen molar-refractivity contribution in [3.05, 3.63) is 60.1 Å². The molecule has 2 unspecified atom stereocenters. The zero-order chi connectivity index (χ0) is 13.7. The van der Waals surface area contributed by atoms with Gasteiger partial charge in [0.25, 0.3) is 0 Å². The van der Waals surface area contributed by atoms with E-state index in [-0.39, 0.29) is 12.1 Å². The van der Waals surface area contributed by atoms with Crippen LogP contribution in [-0.4, -0.2) is 17.5 Å². The summed E-state index contributed by atoms with van der Waals surface area (Å²) in [6, 6.07) is 14.6. The molecule has 3 heteroatoms. The summed E-state index contributed by atoms with van der Waals surface area (Å²) < 4.78 is 5.45. The van der Waals surface area contributed by atoms with Crippen LogP contribution >= 0.6 is 0 Å². The number of rotatable bonds is 6. The van der Waals surface area contributed by atoms with Crippen molar-refractivity contribution in [1.29, 1.82) is 0 Å². The third-order valence-electron chi connectivity index (χ3n) is 3.38. The van der Waals surface area contributed by atoms with Crippen molar-refractivity contribution < 1.29 is 4.42 Å². The zero-order valence-corrected chi connectivity index (χ0v) is 11.6. The fraction of sp³-hybridized carbons (Fsp3) is 0.375. The molecule has 2 N–H and O–H groups in total. The monoisotopic (exact) mass is 258 g/mol. The Bertz CT molecular complexity index is 465. The van der Waals surface area contributed by atoms with Crippen LogP contribution < -0.4 is 5.73 Å². The minimum atomic E-state index is 0.0670. The van der Waals surface area contributed by atoms with Gasteiger partial charge < -0.3 is 10.2 Å². The van der Waals surface area contributed by atoms with Gasteiger partial charge in [0.15, 0.2) is 0 Å². The second kappa shape index (κ2) is 6.55. The zero-order valence-electron chi connectivity index (χ0n) is 11.6. The third-order valence-corrected chi connectivity index (χ3v) is 3.38. The molecule has 0 radical (unpaired) electrons. The first-order chi connectivity index (χ1) is 9.22. The van der Waals surface area contributed by atoms with Crippen molar-refractivity contribution in [3.63, 3.8) is 0 Å². The SMILES string of the molecule is CCN(Cc1ccco1)C(c1ccccc1)C(C)N. The molecule has 3 nitrogen and oxygen atoms in total. The standard InChI is InChI=1S/C16H22N2O/c1-3-18(12-15-10-7-11-19-15)16(13(2)17)14-8-5-4-6-9-14/h4-11,13,16H,3,12,17H2,1-2H3. The second-order valence-electron chi connectivity index (χ2n) is 4.86. The van der Waals surface area contributed by atoms with E-state index >= 15 is 0 Å². The average Bonchev–Trinajstić information content (AvgIpc) is 2.91. The molecule has 0 saturated carbocycles. The minimum Gasteiger partial charge on any atom is -0.468 e. The molecule has 0 aliphatic rings. The second-order valence-corrected chi connectivity index (χ2v) is 4.86. The van der Waals surface area contributed by atoms with Crippen LogP contribution in [0.15, 0.2) is 53.1 Å². The van der Waals surface area contributed by atoms with E-state index < -0.39 is 0 Å². The molecular formula is C16H22N2O. The molecule has 1 aromatic heterocycles. The fourth-order valence-electron chi connectivity index (χ4n) is 2.51. The van der Waals surface area contributed by atoms with E-state index in [4.69, 9.17) is 10.2 Å². The van der Waals surface area contributed by atoms with Crippen LogP contribution in [0.5, 0.6) is 0 Å². The lowest BCUT2D eigenvalue weighted by Crippen LogP contribution is -2.39. The van der Waals surface area contributed by atoms with E-state index in [9.17, 15) is 0 Å². The lowest BCUT2D eigenvalue weighted by Gasteiger charge is -2.33. The molecule has 2 atom stereocenters. The summed E-state index contributed by atoms with van der Waals surface area (Å²) in [6.45, 7) is 5.93. The highest BCUT2D eigenvalue weighted by atomic mass is 16.3. The maximum absolute atomic E-state index is 6.20. The average molecular weight is 258 g/mol. The molecule has 19 heavy (non-hydrogen) atoms. The van der Waals surface area contributed by atoms with Gasteiger partial charge in [-0.05, 0) is 31.2 Å². The summed E-state index contributed by atoms with van der Waals surface area (Å²) in [4.78, 5) is 2.35. The summed E-state index contributed by atoms with van der Waals surface area (Å²) in [5.74, 6) is 0.975. The van der Waals surface area contributed by atoms with Gasteiger partial charge >= 0.3 is 0 Å². The van der Waals surface area contributed by atoms with Crippen molar-refractivity contribution >= 4 is 0 Å². The van der Waals surface area contributed by atoms with Crippen molar-refractivity contribution in [1.82, 2.24) is 4.90 Å². The van der Waals surface area contributed by atoms with Crippen LogP contribution in [0, 0.1) is 0 Å². The number of nitrogens with zero attached hydrogens (tertiary/aromatic N) is 1. The summed E-state index contributed by atoms with van der Waals surface area (Å²) in [7, 11) is 0. The van der Waals surface area contributed by atoms with Gasteiger partial charge in [0.2, 0.25) is 0 Å². The predicted octanol–water partition coefficient (Wildman–Crippen LogP) is 3.19. The highest BCUT2D eigenvalue weighted by molar-refractivity contribution is 5.20. The first-order valence-electron chi connectivity index (χ1n) is 6.79. The Morgan fingerprint density at radius 3 is 2.42 bits per heavy atom. The van der Waals surface area contributed by atoms with E-state index in [1.54, 1.807) is 6.26 Å². The van der Waals surface area contributed by atoms with Gasteiger partial charge in [-0.15, -0.1) is 0 Å².